The highest BCUT2D eigenvalue weighted by molar-refractivity contribution is 5.66. The molecule has 2 heterocycles. The molecule has 1 saturated carbocycles. The zero-order valence-electron chi connectivity index (χ0n) is 23.4. The van der Waals surface area contributed by atoms with Crippen molar-refractivity contribution >= 4 is 11.3 Å². The third kappa shape index (κ3) is 5.06. The maximum Gasteiger partial charge on any atom is 0.181 e. The number of rotatable bonds is 12. The zero-order valence-corrected chi connectivity index (χ0v) is 23.4. The Balaban J connectivity index is 1.51. The number of nitrogens with zero attached hydrogens (tertiary/aromatic N) is 3. The van der Waals surface area contributed by atoms with Crippen LogP contribution in [0.4, 0.5) is 5.82 Å². The Morgan fingerprint density at radius 1 is 0.884 bits per heavy atom. The number of nitrogen functional groups attached to an aromatic ring is 1. The average molecular weight is 577 g/mol. The molecule has 1 aliphatic rings. The Kier molecular flexibility index (Phi) is 7.95. The molecule has 43 heavy (non-hydrogen) atoms. The van der Waals surface area contributed by atoms with Gasteiger partial charge in [0.2, 0.25) is 0 Å². The lowest BCUT2D eigenvalue weighted by Gasteiger charge is -2.42. The first-order chi connectivity index (χ1) is 21.0. The van der Waals surface area contributed by atoms with Crippen molar-refractivity contribution in [3.8, 4) is 12.3 Å². The van der Waals surface area contributed by atoms with E-state index in [1.807, 2.05) is 91.0 Å². The first kappa shape index (κ1) is 28.6. The molecule has 218 valence electrons. The SMILES string of the molecule is C#CC(O)[C@](OCc1ccccc1)(c1ccc2c(N)ncnn12)[C@]1(OCc2ccccc2)C(OCc2ccccc2)[C@H]1O. The van der Waals surface area contributed by atoms with Gasteiger partial charge in [-0.1, -0.05) is 96.9 Å². The van der Waals surface area contributed by atoms with E-state index in [0.29, 0.717) is 11.2 Å². The van der Waals surface area contributed by atoms with E-state index < -0.39 is 29.5 Å². The third-order valence-electron chi connectivity index (χ3n) is 7.93. The summed E-state index contributed by atoms with van der Waals surface area (Å²) in [6, 6.07) is 32.0. The van der Waals surface area contributed by atoms with Crippen LogP contribution in [-0.2, 0) is 39.6 Å². The summed E-state index contributed by atoms with van der Waals surface area (Å²) in [5, 5.41) is 28.1. The van der Waals surface area contributed by atoms with Crippen molar-refractivity contribution in [1.29, 1.82) is 0 Å². The fourth-order valence-corrected chi connectivity index (χ4v) is 5.72. The highest BCUT2D eigenvalue weighted by atomic mass is 16.6. The maximum absolute atomic E-state index is 11.8. The van der Waals surface area contributed by atoms with E-state index in [0.717, 1.165) is 16.7 Å². The molecule has 6 rings (SSSR count). The standard InChI is InChI=1S/C34H32N4O5/c1-2-29(39)33(42-21-25-14-8-4-9-15-25,28-19-18-27-32(35)36-23-37-38(27)28)34(43-22-26-16-10-5-11-17-26)30(40)31(34)41-20-24-12-6-3-7-13-24/h1,3-19,23,29-31,39-40H,20-22H2,(H2,35,36,37)/t29?,30-,31?,33-,34-/m1/s1. The van der Waals surface area contributed by atoms with E-state index in [1.165, 1.54) is 10.8 Å². The molecule has 1 fully saturated rings. The summed E-state index contributed by atoms with van der Waals surface area (Å²) < 4.78 is 21.3. The van der Waals surface area contributed by atoms with Gasteiger partial charge in [0.25, 0.3) is 0 Å². The summed E-state index contributed by atoms with van der Waals surface area (Å²) in [6.07, 6.45) is 3.50. The molecular formula is C34H32N4O5. The molecule has 3 aromatic carbocycles. The molecule has 2 aromatic heterocycles. The second-order valence-electron chi connectivity index (χ2n) is 10.5. The Morgan fingerprint density at radius 3 is 2.07 bits per heavy atom. The van der Waals surface area contributed by atoms with Gasteiger partial charge in [-0.3, -0.25) is 0 Å². The monoisotopic (exact) mass is 576 g/mol. The number of aromatic nitrogens is 3. The van der Waals surface area contributed by atoms with Crippen molar-refractivity contribution in [3.05, 3.63) is 132 Å². The zero-order chi connectivity index (χ0) is 29.9. The molecule has 0 amide bonds. The molecule has 2 unspecified atom stereocenters. The molecule has 4 N–H and O–H groups in total. The molecule has 0 spiro atoms. The quantitative estimate of drug-likeness (QED) is 0.192. The third-order valence-corrected chi connectivity index (χ3v) is 7.93. The largest absolute Gasteiger partial charge is 0.387 e. The van der Waals surface area contributed by atoms with Crippen molar-refractivity contribution in [2.75, 3.05) is 5.73 Å². The maximum atomic E-state index is 11.8. The van der Waals surface area contributed by atoms with E-state index in [4.69, 9.17) is 26.4 Å². The lowest BCUT2D eigenvalue weighted by molar-refractivity contribution is -0.236. The summed E-state index contributed by atoms with van der Waals surface area (Å²) >= 11 is 0. The number of aliphatic hydroxyl groups excluding tert-OH is 2. The normalized spacial score (nSPS) is 21.6. The first-order valence-electron chi connectivity index (χ1n) is 13.9. The molecule has 0 bridgehead atoms. The van der Waals surface area contributed by atoms with Crippen molar-refractivity contribution in [2.24, 2.45) is 0 Å². The minimum atomic E-state index is -1.87. The van der Waals surface area contributed by atoms with Crippen molar-refractivity contribution in [3.63, 3.8) is 0 Å². The summed E-state index contributed by atoms with van der Waals surface area (Å²) in [7, 11) is 0. The molecule has 5 aromatic rings. The molecular weight excluding hydrogens is 544 g/mol. The van der Waals surface area contributed by atoms with Gasteiger partial charge in [0.05, 0.1) is 25.5 Å². The van der Waals surface area contributed by atoms with Crippen LogP contribution in [0.1, 0.15) is 22.4 Å². The number of hydrogen-bond donors (Lipinski definition) is 3. The van der Waals surface area contributed by atoms with E-state index >= 15 is 0 Å². The number of terminal acetylenes is 1. The predicted octanol–water partition coefficient (Wildman–Crippen LogP) is 3.63. The Hall–Kier alpha value is -4.56. The highest BCUT2D eigenvalue weighted by Crippen LogP contribution is 2.59. The topological polar surface area (TPSA) is 124 Å². The molecule has 0 saturated heterocycles. The predicted molar refractivity (Wildman–Crippen MR) is 160 cm³/mol. The van der Waals surface area contributed by atoms with Crippen LogP contribution in [0.15, 0.2) is 109 Å². The molecule has 0 aliphatic heterocycles. The number of ether oxygens (including phenoxy) is 3. The van der Waals surface area contributed by atoms with Gasteiger partial charge in [-0.2, -0.15) is 5.10 Å². The number of nitrogens with two attached hydrogens (primary N) is 1. The highest BCUT2D eigenvalue weighted by Gasteiger charge is 2.81. The molecule has 0 radical (unpaired) electrons. The average Bonchev–Trinajstić information content (AvgIpc) is 3.37. The summed E-state index contributed by atoms with van der Waals surface area (Å²) in [4.78, 5) is 4.10. The lowest BCUT2D eigenvalue weighted by Crippen LogP contribution is -2.57. The van der Waals surface area contributed by atoms with Crippen LogP contribution in [0.5, 0.6) is 0 Å². The summed E-state index contributed by atoms with van der Waals surface area (Å²) in [6.45, 7) is 0.295. The van der Waals surface area contributed by atoms with Crippen LogP contribution in [0.2, 0.25) is 0 Å². The Morgan fingerprint density at radius 2 is 1.47 bits per heavy atom. The van der Waals surface area contributed by atoms with Crippen LogP contribution in [0, 0.1) is 12.3 Å². The van der Waals surface area contributed by atoms with Gasteiger partial charge in [0, 0.05) is 0 Å². The van der Waals surface area contributed by atoms with E-state index in [9.17, 15) is 10.2 Å². The van der Waals surface area contributed by atoms with Gasteiger partial charge in [0.15, 0.2) is 23.1 Å². The second-order valence-corrected chi connectivity index (χ2v) is 10.5. The van der Waals surface area contributed by atoms with Crippen LogP contribution in [0.25, 0.3) is 5.52 Å². The van der Waals surface area contributed by atoms with Crippen molar-refractivity contribution in [2.45, 2.75) is 49.3 Å². The van der Waals surface area contributed by atoms with Gasteiger partial charge < -0.3 is 30.2 Å². The minimum Gasteiger partial charge on any atom is -0.387 e. The Bertz CT molecular complexity index is 1710. The van der Waals surface area contributed by atoms with Gasteiger partial charge in [-0.05, 0) is 28.8 Å². The van der Waals surface area contributed by atoms with Gasteiger partial charge in [0.1, 0.15) is 24.1 Å². The van der Waals surface area contributed by atoms with E-state index in [1.54, 1.807) is 12.1 Å². The van der Waals surface area contributed by atoms with Crippen LogP contribution in [0.3, 0.4) is 0 Å². The molecule has 9 heteroatoms. The molecule has 5 atom stereocenters. The molecule has 1 aliphatic carbocycles. The number of aliphatic hydroxyl groups is 2. The number of hydrogen-bond acceptors (Lipinski definition) is 8. The first-order valence-corrected chi connectivity index (χ1v) is 13.9. The number of anilines is 1. The van der Waals surface area contributed by atoms with Crippen molar-refractivity contribution in [1.82, 2.24) is 14.6 Å². The fraction of sp³-hybridized carbons (Fsp3) is 0.235. The van der Waals surface area contributed by atoms with Gasteiger partial charge in [-0.25, -0.2) is 9.50 Å². The smallest absolute Gasteiger partial charge is 0.181 e. The number of fused-ring (bicyclic) bond motifs is 1. The van der Waals surface area contributed by atoms with Crippen LogP contribution < -0.4 is 5.73 Å². The van der Waals surface area contributed by atoms with Gasteiger partial charge >= 0.3 is 0 Å². The van der Waals surface area contributed by atoms with Crippen LogP contribution in [-0.4, -0.2) is 48.7 Å². The van der Waals surface area contributed by atoms with E-state index in [-0.39, 0.29) is 25.6 Å². The molecule has 9 nitrogen and oxygen atoms in total. The summed E-state index contributed by atoms with van der Waals surface area (Å²) in [5.74, 6) is 2.69. The second kappa shape index (κ2) is 12.0. The number of benzene rings is 3. The fourth-order valence-electron chi connectivity index (χ4n) is 5.72. The minimum absolute atomic E-state index is 0.0297. The van der Waals surface area contributed by atoms with Crippen molar-refractivity contribution < 1.29 is 24.4 Å². The summed E-state index contributed by atoms with van der Waals surface area (Å²) in [5.41, 5.74) is 6.03. The Labute approximate surface area is 249 Å². The van der Waals surface area contributed by atoms with Gasteiger partial charge in [-0.15, -0.1) is 6.42 Å². The van der Waals surface area contributed by atoms with Crippen LogP contribution >= 0.6 is 0 Å². The lowest BCUT2D eigenvalue weighted by atomic mass is 9.83. The van der Waals surface area contributed by atoms with E-state index in [2.05, 4.69) is 16.0 Å².